The van der Waals surface area contributed by atoms with Crippen LogP contribution in [-0.2, 0) is 11.2 Å². The maximum absolute atomic E-state index is 12.5. The van der Waals surface area contributed by atoms with Crippen LogP contribution in [0.2, 0.25) is 0 Å². The van der Waals surface area contributed by atoms with Gasteiger partial charge in [0.1, 0.15) is 0 Å². The van der Waals surface area contributed by atoms with Crippen LogP contribution in [-0.4, -0.2) is 41.1 Å². The number of nitrogens with zero attached hydrogens (tertiary/aromatic N) is 1. The van der Waals surface area contributed by atoms with E-state index < -0.39 is 5.60 Å². The average molecular weight is 401 g/mol. The van der Waals surface area contributed by atoms with Gasteiger partial charge in [-0.15, -0.1) is 0 Å². The molecule has 4 rings (SSSR count). The summed E-state index contributed by atoms with van der Waals surface area (Å²) >= 11 is 0. The molecule has 0 radical (unpaired) electrons. The summed E-state index contributed by atoms with van der Waals surface area (Å²) in [6.07, 6.45) is 2.03. The van der Waals surface area contributed by atoms with E-state index in [0.717, 1.165) is 35.5 Å². The van der Waals surface area contributed by atoms with Gasteiger partial charge in [-0.25, -0.2) is 0 Å². The first-order valence-corrected chi connectivity index (χ1v) is 10.5. The second kappa shape index (κ2) is 9.24. The first kappa shape index (κ1) is 20.3. The first-order chi connectivity index (χ1) is 14.6. The predicted octanol–water partition coefficient (Wildman–Crippen LogP) is 4.36. The number of likely N-dealkylation sites (tertiary alicyclic amines) is 1. The molecule has 1 saturated heterocycles. The Balaban J connectivity index is 1.26. The van der Waals surface area contributed by atoms with E-state index in [2.05, 4.69) is 34.5 Å². The van der Waals surface area contributed by atoms with Crippen molar-refractivity contribution >= 4 is 11.6 Å². The summed E-state index contributed by atoms with van der Waals surface area (Å²) < 4.78 is 0. The van der Waals surface area contributed by atoms with Crippen molar-refractivity contribution in [2.45, 2.75) is 24.9 Å². The van der Waals surface area contributed by atoms with Crippen LogP contribution in [0.1, 0.15) is 18.4 Å². The highest BCUT2D eigenvalue weighted by atomic mass is 16.3. The van der Waals surface area contributed by atoms with Crippen LogP contribution in [0.3, 0.4) is 0 Å². The number of hydrogen-bond donors (Lipinski definition) is 2. The van der Waals surface area contributed by atoms with Gasteiger partial charge in [-0.1, -0.05) is 72.8 Å². The highest BCUT2D eigenvalue weighted by Gasteiger charge is 2.32. The zero-order valence-corrected chi connectivity index (χ0v) is 17.1. The minimum atomic E-state index is -0.679. The van der Waals surface area contributed by atoms with Crippen LogP contribution in [0.5, 0.6) is 0 Å². The van der Waals surface area contributed by atoms with Crippen LogP contribution in [0.15, 0.2) is 84.9 Å². The molecule has 1 heterocycles. The monoisotopic (exact) mass is 400 g/mol. The number of anilines is 1. The lowest BCUT2D eigenvalue weighted by Gasteiger charge is -2.38. The van der Waals surface area contributed by atoms with E-state index in [1.54, 1.807) is 0 Å². The fourth-order valence-corrected chi connectivity index (χ4v) is 4.06. The fraction of sp³-hybridized carbons (Fsp3) is 0.269. The number of rotatable bonds is 6. The van der Waals surface area contributed by atoms with E-state index in [1.807, 2.05) is 60.7 Å². The summed E-state index contributed by atoms with van der Waals surface area (Å²) in [4.78, 5) is 14.6. The van der Waals surface area contributed by atoms with Crippen molar-refractivity contribution < 1.29 is 9.90 Å². The van der Waals surface area contributed by atoms with Gasteiger partial charge in [-0.2, -0.15) is 0 Å². The number of amides is 1. The molecule has 3 aromatic rings. The van der Waals surface area contributed by atoms with E-state index in [9.17, 15) is 9.90 Å². The standard InChI is InChI=1S/C26H28N2O2/c29-25(27-24-13-11-23(12-14-24)22-9-5-2-6-10-22)20-28-17-15-26(30,16-18-28)19-21-7-3-1-4-8-21/h1-14,30H,15-20H2,(H,27,29). The summed E-state index contributed by atoms with van der Waals surface area (Å²) in [6, 6.07) is 28.2. The van der Waals surface area contributed by atoms with E-state index in [-0.39, 0.29) is 5.91 Å². The molecule has 1 amide bonds. The number of aliphatic hydroxyl groups is 1. The SMILES string of the molecule is O=C(CN1CCC(O)(Cc2ccccc2)CC1)Nc1ccc(-c2ccccc2)cc1. The quantitative estimate of drug-likeness (QED) is 0.646. The van der Waals surface area contributed by atoms with E-state index in [0.29, 0.717) is 25.8 Å². The number of piperidine rings is 1. The van der Waals surface area contributed by atoms with Crippen LogP contribution in [0.4, 0.5) is 5.69 Å². The topological polar surface area (TPSA) is 52.6 Å². The van der Waals surface area contributed by atoms with Crippen molar-refractivity contribution in [2.75, 3.05) is 25.0 Å². The van der Waals surface area contributed by atoms with Gasteiger partial charge < -0.3 is 10.4 Å². The van der Waals surface area contributed by atoms with Gasteiger partial charge in [0.2, 0.25) is 5.91 Å². The molecule has 0 unspecified atom stereocenters. The predicted molar refractivity (Wildman–Crippen MR) is 121 cm³/mol. The fourth-order valence-electron chi connectivity index (χ4n) is 4.06. The summed E-state index contributed by atoms with van der Waals surface area (Å²) in [7, 11) is 0. The molecule has 2 N–H and O–H groups in total. The zero-order chi connectivity index (χ0) is 20.8. The molecule has 4 heteroatoms. The minimum Gasteiger partial charge on any atom is -0.389 e. The van der Waals surface area contributed by atoms with Gasteiger partial charge >= 0.3 is 0 Å². The van der Waals surface area contributed by atoms with E-state index >= 15 is 0 Å². The molecule has 0 bridgehead atoms. The number of nitrogens with one attached hydrogen (secondary N) is 1. The maximum Gasteiger partial charge on any atom is 0.238 e. The van der Waals surface area contributed by atoms with Gasteiger partial charge in [-0.3, -0.25) is 9.69 Å². The largest absolute Gasteiger partial charge is 0.389 e. The summed E-state index contributed by atoms with van der Waals surface area (Å²) in [6.45, 7) is 1.80. The maximum atomic E-state index is 12.5. The Kier molecular flexibility index (Phi) is 6.26. The number of hydrogen-bond acceptors (Lipinski definition) is 3. The lowest BCUT2D eigenvalue weighted by Crippen LogP contribution is -2.47. The average Bonchev–Trinajstić information content (AvgIpc) is 2.77. The number of carbonyl (C=O) groups is 1. The third-order valence-electron chi connectivity index (χ3n) is 5.81. The number of benzene rings is 3. The van der Waals surface area contributed by atoms with Crippen molar-refractivity contribution in [1.82, 2.24) is 4.90 Å². The zero-order valence-electron chi connectivity index (χ0n) is 17.1. The molecule has 0 spiro atoms. The highest BCUT2D eigenvalue weighted by molar-refractivity contribution is 5.92. The van der Waals surface area contributed by atoms with Crippen LogP contribution < -0.4 is 5.32 Å². The van der Waals surface area contributed by atoms with Crippen LogP contribution >= 0.6 is 0 Å². The van der Waals surface area contributed by atoms with Crippen LogP contribution in [0, 0.1) is 0 Å². The highest BCUT2D eigenvalue weighted by Crippen LogP contribution is 2.26. The van der Waals surface area contributed by atoms with E-state index in [1.165, 1.54) is 0 Å². The molecule has 0 saturated carbocycles. The van der Waals surface area contributed by atoms with Gasteiger partial charge in [0.05, 0.1) is 12.1 Å². The molecular formula is C26H28N2O2. The lowest BCUT2D eigenvalue weighted by molar-refractivity contribution is -0.118. The second-order valence-electron chi connectivity index (χ2n) is 8.15. The Bertz CT molecular complexity index is 947. The Hall–Kier alpha value is -2.95. The first-order valence-electron chi connectivity index (χ1n) is 10.5. The molecule has 3 aromatic carbocycles. The van der Waals surface area contributed by atoms with Crippen LogP contribution in [0.25, 0.3) is 11.1 Å². The van der Waals surface area contributed by atoms with Crippen molar-refractivity contribution in [3.8, 4) is 11.1 Å². The molecule has 1 aliphatic rings. The number of carbonyl (C=O) groups excluding carboxylic acids is 1. The molecule has 4 nitrogen and oxygen atoms in total. The molecule has 1 fully saturated rings. The van der Waals surface area contributed by atoms with Gasteiger partial charge in [-0.05, 0) is 41.7 Å². The molecule has 0 aliphatic carbocycles. The Morgan fingerprint density at radius 2 is 1.40 bits per heavy atom. The molecule has 1 aliphatic heterocycles. The third-order valence-corrected chi connectivity index (χ3v) is 5.81. The van der Waals surface area contributed by atoms with Gasteiger partial charge in [0, 0.05) is 25.2 Å². The lowest BCUT2D eigenvalue weighted by atomic mass is 9.85. The molecule has 154 valence electrons. The molecule has 0 atom stereocenters. The van der Waals surface area contributed by atoms with Gasteiger partial charge in [0.25, 0.3) is 0 Å². The summed E-state index contributed by atoms with van der Waals surface area (Å²) in [5.41, 5.74) is 3.57. The third kappa shape index (κ3) is 5.35. The smallest absolute Gasteiger partial charge is 0.238 e. The Labute approximate surface area is 178 Å². The van der Waals surface area contributed by atoms with Gasteiger partial charge in [0.15, 0.2) is 0 Å². The second-order valence-corrected chi connectivity index (χ2v) is 8.15. The summed E-state index contributed by atoms with van der Waals surface area (Å²) in [5.74, 6) is -0.0176. The molecular weight excluding hydrogens is 372 g/mol. The van der Waals surface area contributed by atoms with E-state index in [4.69, 9.17) is 0 Å². The summed E-state index contributed by atoms with van der Waals surface area (Å²) in [5, 5.41) is 13.9. The molecule has 0 aromatic heterocycles. The van der Waals surface area contributed by atoms with Crippen molar-refractivity contribution in [3.63, 3.8) is 0 Å². The van der Waals surface area contributed by atoms with Crippen molar-refractivity contribution in [1.29, 1.82) is 0 Å². The van der Waals surface area contributed by atoms with Crippen molar-refractivity contribution in [2.24, 2.45) is 0 Å². The Morgan fingerprint density at radius 1 is 0.833 bits per heavy atom. The Morgan fingerprint density at radius 3 is 2.03 bits per heavy atom. The molecule has 30 heavy (non-hydrogen) atoms. The minimum absolute atomic E-state index is 0.0176. The normalized spacial score (nSPS) is 16.2. The van der Waals surface area contributed by atoms with Crippen molar-refractivity contribution in [3.05, 3.63) is 90.5 Å².